The zero-order chi connectivity index (χ0) is 23.8. The number of carbonyl (C=O) groups is 1. The molecule has 4 aromatic rings. The number of aromatic nitrogens is 2. The molecule has 0 spiro atoms. The molecule has 7 nitrogen and oxygen atoms in total. The molecule has 3 aromatic heterocycles. The van der Waals surface area contributed by atoms with Crippen LogP contribution < -0.4 is 10.6 Å². The number of rotatable bonds is 7. The third-order valence-electron chi connectivity index (χ3n) is 6.77. The minimum atomic E-state index is -0.329. The maximum Gasteiger partial charge on any atom is 0.237 e. The van der Waals surface area contributed by atoms with Gasteiger partial charge in [0.25, 0.3) is 0 Å². The monoisotopic (exact) mass is 460 g/mol. The highest BCUT2D eigenvalue weighted by atomic mass is 16.5. The fourth-order valence-electron chi connectivity index (χ4n) is 5.10. The van der Waals surface area contributed by atoms with Crippen LogP contribution in [0.4, 0.5) is 0 Å². The van der Waals surface area contributed by atoms with E-state index in [1.165, 1.54) is 22.0 Å². The molecule has 34 heavy (non-hydrogen) atoms. The third kappa shape index (κ3) is 4.28. The van der Waals surface area contributed by atoms with Crippen molar-refractivity contribution in [1.29, 1.82) is 0 Å². The lowest BCUT2D eigenvalue weighted by Gasteiger charge is -2.25. The van der Waals surface area contributed by atoms with Gasteiger partial charge in [0.05, 0.1) is 31.1 Å². The first-order valence-electron chi connectivity index (χ1n) is 12.0. The molecule has 1 aliphatic rings. The normalized spacial score (nSPS) is 17.9. The van der Waals surface area contributed by atoms with Crippen molar-refractivity contribution in [1.82, 2.24) is 20.4 Å². The van der Waals surface area contributed by atoms with Gasteiger partial charge in [0.1, 0.15) is 11.5 Å². The maximum atomic E-state index is 13.3. The number of hydrogen-bond donors (Lipinski definition) is 2. The van der Waals surface area contributed by atoms with Crippen LogP contribution in [0.2, 0.25) is 0 Å². The summed E-state index contributed by atoms with van der Waals surface area (Å²) >= 11 is 0. The molecule has 1 aliphatic heterocycles. The molecular weight excluding hydrogens is 428 g/mol. The second kappa shape index (κ2) is 9.14. The summed E-state index contributed by atoms with van der Waals surface area (Å²) in [5.41, 5.74) is 5.66. The van der Waals surface area contributed by atoms with Crippen LogP contribution in [0.15, 0.2) is 51.7 Å². The second-order valence-electron chi connectivity index (χ2n) is 9.73. The van der Waals surface area contributed by atoms with Gasteiger partial charge in [-0.1, -0.05) is 31.1 Å². The minimum absolute atomic E-state index is 0.00964. The molecule has 0 saturated carbocycles. The van der Waals surface area contributed by atoms with Crippen molar-refractivity contribution in [2.45, 2.75) is 65.7 Å². The van der Waals surface area contributed by atoms with Gasteiger partial charge in [-0.05, 0) is 61.9 Å². The summed E-state index contributed by atoms with van der Waals surface area (Å²) in [5.74, 6) is 2.07. The second-order valence-corrected chi connectivity index (χ2v) is 9.73. The molecule has 0 fully saturated rings. The molecule has 0 bridgehead atoms. The van der Waals surface area contributed by atoms with E-state index in [1.807, 2.05) is 26.0 Å². The van der Waals surface area contributed by atoms with Gasteiger partial charge in [-0.3, -0.25) is 10.1 Å². The van der Waals surface area contributed by atoms with Crippen molar-refractivity contribution < 1.29 is 13.7 Å². The van der Waals surface area contributed by atoms with E-state index in [2.05, 4.69) is 58.6 Å². The van der Waals surface area contributed by atoms with E-state index in [0.29, 0.717) is 25.4 Å². The molecule has 178 valence electrons. The molecule has 4 heterocycles. The Balaban J connectivity index is 1.51. The summed E-state index contributed by atoms with van der Waals surface area (Å²) < 4.78 is 13.1. The molecule has 0 aliphatic carbocycles. The summed E-state index contributed by atoms with van der Waals surface area (Å²) in [6, 6.07) is 9.97. The first-order valence-corrected chi connectivity index (χ1v) is 12.0. The fraction of sp³-hybridized carbons (Fsp3) is 0.407. The van der Waals surface area contributed by atoms with Gasteiger partial charge in [0.15, 0.2) is 0 Å². The third-order valence-corrected chi connectivity index (χ3v) is 6.77. The number of amides is 1. The van der Waals surface area contributed by atoms with E-state index in [4.69, 9.17) is 8.94 Å². The maximum absolute atomic E-state index is 13.3. The summed E-state index contributed by atoms with van der Waals surface area (Å²) in [4.78, 5) is 13.3. The minimum Gasteiger partial charge on any atom is -0.467 e. The Morgan fingerprint density at radius 1 is 1.26 bits per heavy atom. The van der Waals surface area contributed by atoms with Gasteiger partial charge in [-0.15, -0.1) is 0 Å². The van der Waals surface area contributed by atoms with Crippen molar-refractivity contribution in [3.8, 4) is 0 Å². The van der Waals surface area contributed by atoms with E-state index < -0.39 is 0 Å². The summed E-state index contributed by atoms with van der Waals surface area (Å²) in [7, 11) is 0. The Labute approximate surface area is 199 Å². The topological polar surface area (TPSA) is 85.2 Å². The Hall–Kier alpha value is -3.32. The molecule has 7 heteroatoms. The number of aryl methyl sites for hydroxylation is 2. The molecule has 0 saturated heterocycles. The largest absolute Gasteiger partial charge is 0.467 e. The van der Waals surface area contributed by atoms with Gasteiger partial charge in [0, 0.05) is 28.7 Å². The van der Waals surface area contributed by atoms with Crippen LogP contribution in [0.1, 0.15) is 60.2 Å². The molecule has 2 atom stereocenters. The van der Waals surface area contributed by atoms with Crippen LogP contribution in [0.3, 0.4) is 0 Å². The number of nitrogens with zero attached hydrogens (tertiary/aromatic N) is 2. The van der Waals surface area contributed by atoms with Crippen LogP contribution in [0.5, 0.6) is 0 Å². The van der Waals surface area contributed by atoms with Crippen molar-refractivity contribution in [3.05, 3.63) is 76.7 Å². The molecule has 1 amide bonds. The van der Waals surface area contributed by atoms with Crippen LogP contribution in [-0.2, 0) is 24.3 Å². The Bertz CT molecular complexity index is 1280. The summed E-state index contributed by atoms with van der Waals surface area (Å²) in [6.07, 6.45) is 5.40. The Kier molecular flexibility index (Phi) is 6.04. The fourth-order valence-corrected chi connectivity index (χ4v) is 5.10. The summed E-state index contributed by atoms with van der Waals surface area (Å²) in [6.45, 7) is 9.46. The zero-order valence-electron chi connectivity index (χ0n) is 20.2. The first-order chi connectivity index (χ1) is 16.4. The highest BCUT2D eigenvalue weighted by molar-refractivity contribution is 5.90. The van der Waals surface area contributed by atoms with E-state index in [0.717, 1.165) is 29.2 Å². The lowest BCUT2D eigenvalue weighted by atomic mass is 9.94. The highest BCUT2D eigenvalue weighted by Gasteiger charge is 2.31. The van der Waals surface area contributed by atoms with Gasteiger partial charge < -0.3 is 18.8 Å². The van der Waals surface area contributed by atoms with Crippen molar-refractivity contribution in [2.24, 2.45) is 5.92 Å². The number of benzene rings is 1. The first kappa shape index (κ1) is 22.5. The predicted molar refractivity (Wildman–Crippen MR) is 130 cm³/mol. The van der Waals surface area contributed by atoms with E-state index >= 15 is 0 Å². The lowest BCUT2D eigenvalue weighted by molar-refractivity contribution is -0.123. The van der Waals surface area contributed by atoms with Crippen molar-refractivity contribution in [2.75, 3.05) is 0 Å². The number of carbonyl (C=O) groups excluding carboxylic acids is 1. The van der Waals surface area contributed by atoms with Crippen molar-refractivity contribution >= 4 is 16.8 Å². The number of nitrogens with one attached hydrogen (secondary N) is 2. The average molecular weight is 461 g/mol. The van der Waals surface area contributed by atoms with Crippen LogP contribution in [0, 0.1) is 19.8 Å². The van der Waals surface area contributed by atoms with Crippen LogP contribution in [-0.4, -0.2) is 21.7 Å². The number of furan rings is 1. The lowest BCUT2D eigenvalue weighted by Crippen LogP contribution is -2.46. The van der Waals surface area contributed by atoms with E-state index in [1.54, 1.807) is 6.26 Å². The van der Waals surface area contributed by atoms with E-state index in [9.17, 15) is 4.79 Å². The predicted octanol–water partition coefficient (Wildman–Crippen LogP) is 4.81. The van der Waals surface area contributed by atoms with Crippen molar-refractivity contribution in [3.63, 3.8) is 0 Å². The van der Waals surface area contributed by atoms with Crippen LogP contribution in [0.25, 0.3) is 10.9 Å². The zero-order valence-corrected chi connectivity index (χ0v) is 20.2. The molecule has 2 N–H and O–H groups in total. The molecule has 5 rings (SSSR count). The van der Waals surface area contributed by atoms with Gasteiger partial charge in [-0.2, -0.15) is 0 Å². The van der Waals surface area contributed by atoms with Gasteiger partial charge in [-0.25, -0.2) is 0 Å². The molecule has 0 radical (unpaired) electrons. The van der Waals surface area contributed by atoms with Crippen LogP contribution >= 0.6 is 0 Å². The Morgan fingerprint density at radius 3 is 2.82 bits per heavy atom. The van der Waals surface area contributed by atoms with Gasteiger partial charge >= 0.3 is 0 Å². The van der Waals surface area contributed by atoms with E-state index in [-0.39, 0.29) is 18.0 Å². The standard InChI is InChI=1S/C27H32N4O3/c1-16(2)11-23-21-8-5-9-25-26(21)19(14-31(25)15-22-17(3)30-34-18(22)4)12-24(29-23)27(32)28-13-20-7-6-10-33-20/h5-10,14,16,23-24,29H,11-13,15H2,1-4H3,(H,28,32)/t23-,24-/m0/s1. The molecular formula is C27H32N4O3. The molecule has 1 aromatic carbocycles. The summed E-state index contributed by atoms with van der Waals surface area (Å²) in [5, 5.41) is 12.1. The van der Waals surface area contributed by atoms with Gasteiger partial charge in [0.2, 0.25) is 5.91 Å². The quantitative estimate of drug-likeness (QED) is 0.414. The average Bonchev–Trinajstić information content (AvgIpc) is 3.50. The SMILES string of the molecule is Cc1noc(C)c1Cn1cc2c3c(cccc31)[C@H](CC(C)C)N[C@H](C(=O)NCc1ccco1)C2. The number of hydrogen-bond acceptors (Lipinski definition) is 5. The highest BCUT2D eigenvalue weighted by Crippen LogP contribution is 2.36. The Morgan fingerprint density at radius 2 is 2.12 bits per heavy atom. The molecule has 0 unspecified atom stereocenters. The smallest absolute Gasteiger partial charge is 0.237 e.